The summed E-state index contributed by atoms with van der Waals surface area (Å²) in [5, 5.41) is 2.63. The van der Waals surface area contributed by atoms with Crippen LogP contribution in [0.15, 0.2) is 41.0 Å². The van der Waals surface area contributed by atoms with Gasteiger partial charge in [-0.3, -0.25) is 4.79 Å². The Morgan fingerprint density at radius 1 is 1.22 bits per heavy atom. The molecule has 2 rings (SSSR count). The summed E-state index contributed by atoms with van der Waals surface area (Å²) in [5.41, 5.74) is 0.579. The Balaban J connectivity index is 2.04. The van der Waals surface area contributed by atoms with E-state index in [9.17, 15) is 13.2 Å². The van der Waals surface area contributed by atoms with E-state index in [1.807, 2.05) is 30.3 Å². The van der Waals surface area contributed by atoms with E-state index in [4.69, 9.17) is 4.42 Å². The van der Waals surface area contributed by atoms with E-state index < -0.39 is 27.0 Å². The van der Waals surface area contributed by atoms with Gasteiger partial charge in [-0.15, -0.1) is 0 Å². The van der Waals surface area contributed by atoms with Crippen LogP contribution in [-0.4, -0.2) is 30.6 Å². The van der Waals surface area contributed by atoms with Crippen LogP contribution in [0.25, 0.3) is 11.5 Å². The molecule has 0 saturated heterocycles. The van der Waals surface area contributed by atoms with Crippen LogP contribution in [0.1, 0.15) is 26.5 Å². The van der Waals surface area contributed by atoms with E-state index in [-0.39, 0.29) is 11.4 Å². The lowest BCUT2D eigenvalue weighted by molar-refractivity contribution is -0.120. The van der Waals surface area contributed by atoms with Crippen LogP contribution < -0.4 is 5.32 Å². The van der Waals surface area contributed by atoms with E-state index in [2.05, 4.69) is 10.3 Å². The predicted molar refractivity (Wildman–Crippen MR) is 87.3 cm³/mol. The van der Waals surface area contributed by atoms with Crippen LogP contribution >= 0.6 is 0 Å². The molecule has 0 aliphatic carbocycles. The van der Waals surface area contributed by atoms with E-state index in [0.29, 0.717) is 5.89 Å². The molecular formula is C16H20N2O4S. The average molecular weight is 336 g/mol. The summed E-state index contributed by atoms with van der Waals surface area (Å²) in [5.74, 6) is -1.07. The second kappa shape index (κ2) is 6.54. The van der Waals surface area contributed by atoms with Crippen LogP contribution in [0.3, 0.4) is 0 Å². The third-order valence-corrected chi connectivity index (χ3v) is 4.24. The summed E-state index contributed by atoms with van der Waals surface area (Å²) < 4.78 is 29.5. The molecule has 1 amide bonds. The third-order valence-electron chi connectivity index (χ3n) is 2.81. The molecule has 0 spiro atoms. The number of oxazole rings is 1. The molecule has 1 aromatic heterocycles. The molecular weight excluding hydrogens is 316 g/mol. The summed E-state index contributed by atoms with van der Waals surface area (Å²) in [6.07, 6.45) is 1.31. The van der Waals surface area contributed by atoms with Gasteiger partial charge in [0.15, 0.2) is 9.84 Å². The zero-order valence-corrected chi connectivity index (χ0v) is 14.2. The van der Waals surface area contributed by atoms with Gasteiger partial charge in [0, 0.05) is 11.1 Å². The number of carbonyl (C=O) groups is 1. The molecule has 0 aliphatic rings. The maximum Gasteiger partial charge on any atom is 0.235 e. The van der Waals surface area contributed by atoms with Crippen molar-refractivity contribution in [1.82, 2.24) is 10.3 Å². The Bertz CT molecular complexity index is 774. The second-order valence-corrected chi connectivity index (χ2v) is 8.40. The summed E-state index contributed by atoms with van der Waals surface area (Å²) in [6.45, 7) is 5.38. The minimum Gasteiger partial charge on any atom is -0.444 e. The number of aromatic nitrogens is 1. The number of amides is 1. The van der Waals surface area contributed by atoms with Crippen molar-refractivity contribution in [1.29, 1.82) is 0 Å². The smallest absolute Gasteiger partial charge is 0.235 e. The van der Waals surface area contributed by atoms with Crippen molar-refractivity contribution in [2.75, 3.05) is 5.75 Å². The standard InChI is InChI=1S/C16H20N2O4S/c1-16(2,3)18-14(19)11-23(20,21)10-13-9-22-15(17-13)12-7-5-4-6-8-12/h4-9H,10-11H2,1-3H3,(H,18,19). The van der Waals surface area contributed by atoms with E-state index in [1.54, 1.807) is 20.8 Å². The SMILES string of the molecule is CC(C)(C)NC(=O)CS(=O)(=O)Cc1coc(-c2ccccc2)n1. The maximum absolute atomic E-state index is 12.1. The maximum atomic E-state index is 12.1. The number of carbonyl (C=O) groups excluding carboxylic acids is 1. The van der Waals surface area contributed by atoms with Gasteiger partial charge in [0.05, 0.1) is 11.4 Å². The van der Waals surface area contributed by atoms with Gasteiger partial charge in [-0.1, -0.05) is 18.2 Å². The van der Waals surface area contributed by atoms with Gasteiger partial charge in [-0.05, 0) is 32.9 Å². The van der Waals surface area contributed by atoms with Gasteiger partial charge in [0.1, 0.15) is 12.0 Å². The number of sulfone groups is 1. The van der Waals surface area contributed by atoms with E-state index in [0.717, 1.165) is 5.56 Å². The molecule has 1 N–H and O–H groups in total. The average Bonchev–Trinajstić information content (AvgIpc) is 2.84. The van der Waals surface area contributed by atoms with Crippen LogP contribution in [-0.2, 0) is 20.4 Å². The quantitative estimate of drug-likeness (QED) is 0.904. The summed E-state index contributed by atoms with van der Waals surface area (Å²) >= 11 is 0. The van der Waals surface area contributed by atoms with Crippen molar-refractivity contribution >= 4 is 15.7 Å². The number of rotatable bonds is 5. The van der Waals surface area contributed by atoms with E-state index in [1.165, 1.54) is 6.26 Å². The van der Waals surface area contributed by atoms with Crippen molar-refractivity contribution in [3.8, 4) is 11.5 Å². The molecule has 23 heavy (non-hydrogen) atoms. The molecule has 0 unspecified atom stereocenters. The lowest BCUT2D eigenvalue weighted by Gasteiger charge is -2.20. The molecule has 7 heteroatoms. The zero-order valence-electron chi connectivity index (χ0n) is 13.4. The van der Waals surface area contributed by atoms with Crippen LogP contribution in [0.5, 0.6) is 0 Å². The number of nitrogens with one attached hydrogen (secondary N) is 1. The van der Waals surface area contributed by atoms with Gasteiger partial charge >= 0.3 is 0 Å². The summed E-state index contributed by atoms with van der Waals surface area (Å²) in [7, 11) is -3.61. The van der Waals surface area contributed by atoms with Crippen molar-refractivity contribution in [3.05, 3.63) is 42.3 Å². The molecule has 1 aromatic carbocycles. The molecule has 2 aromatic rings. The minimum atomic E-state index is -3.61. The molecule has 1 heterocycles. The first kappa shape index (κ1) is 17.2. The highest BCUT2D eigenvalue weighted by Crippen LogP contribution is 2.19. The normalized spacial score (nSPS) is 12.1. The third kappa shape index (κ3) is 5.52. The highest BCUT2D eigenvalue weighted by Gasteiger charge is 2.22. The van der Waals surface area contributed by atoms with Crippen LogP contribution in [0.2, 0.25) is 0 Å². The zero-order chi connectivity index (χ0) is 17.1. The van der Waals surface area contributed by atoms with E-state index >= 15 is 0 Å². The number of nitrogens with zero attached hydrogens (tertiary/aromatic N) is 1. The van der Waals surface area contributed by atoms with Crippen LogP contribution in [0, 0.1) is 0 Å². The summed E-state index contributed by atoms with van der Waals surface area (Å²) in [6, 6.07) is 9.19. The highest BCUT2D eigenvalue weighted by molar-refractivity contribution is 7.91. The Labute approximate surface area is 135 Å². The van der Waals surface area contributed by atoms with Gasteiger partial charge in [-0.2, -0.15) is 0 Å². The predicted octanol–water partition coefficient (Wildman–Crippen LogP) is 2.17. The fourth-order valence-corrected chi connectivity index (χ4v) is 3.17. The molecule has 0 saturated carbocycles. The molecule has 6 nitrogen and oxygen atoms in total. The van der Waals surface area contributed by atoms with Gasteiger partial charge in [0.25, 0.3) is 0 Å². The van der Waals surface area contributed by atoms with Gasteiger partial charge in [0.2, 0.25) is 11.8 Å². The van der Waals surface area contributed by atoms with Crippen LogP contribution in [0.4, 0.5) is 0 Å². The number of hydrogen-bond acceptors (Lipinski definition) is 5. The fraction of sp³-hybridized carbons (Fsp3) is 0.375. The number of hydrogen-bond donors (Lipinski definition) is 1. The van der Waals surface area contributed by atoms with Gasteiger partial charge < -0.3 is 9.73 Å². The molecule has 124 valence electrons. The first-order chi connectivity index (χ1) is 10.6. The number of benzene rings is 1. The molecule has 0 atom stereocenters. The largest absolute Gasteiger partial charge is 0.444 e. The van der Waals surface area contributed by atoms with Crippen molar-refractivity contribution in [3.63, 3.8) is 0 Å². The minimum absolute atomic E-state index is 0.285. The summed E-state index contributed by atoms with van der Waals surface area (Å²) in [4.78, 5) is 15.9. The Morgan fingerprint density at radius 3 is 2.48 bits per heavy atom. The second-order valence-electron chi connectivity index (χ2n) is 6.34. The molecule has 0 bridgehead atoms. The Hall–Kier alpha value is -2.15. The fourth-order valence-electron chi connectivity index (χ4n) is 2.02. The lowest BCUT2D eigenvalue weighted by atomic mass is 10.1. The molecule has 0 radical (unpaired) electrons. The first-order valence-corrected chi connectivity index (χ1v) is 8.98. The first-order valence-electron chi connectivity index (χ1n) is 7.16. The Morgan fingerprint density at radius 2 is 1.87 bits per heavy atom. The molecule has 0 aliphatic heterocycles. The van der Waals surface area contributed by atoms with Crippen molar-refractivity contribution in [2.24, 2.45) is 0 Å². The topological polar surface area (TPSA) is 89.3 Å². The monoisotopic (exact) mass is 336 g/mol. The Kier molecular flexibility index (Phi) is 4.89. The van der Waals surface area contributed by atoms with Gasteiger partial charge in [-0.25, -0.2) is 13.4 Å². The molecule has 0 fully saturated rings. The van der Waals surface area contributed by atoms with Crippen molar-refractivity contribution < 1.29 is 17.6 Å². The highest BCUT2D eigenvalue weighted by atomic mass is 32.2. The lowest BCUT2D eigenvalue weighted by Crippen LogP contribution is -2.43. The van der Waals surface area contributed by atoms with Crippen molar-refractivity contribution in [2.45, 2.75) is 32.1 Å².